The van der Waals surface area contributed by atoms with E-state index in [2.05, 4.69) is 13.8 Å². The Kier molecular flexibility index (Phi) is 4.88. The van der Waals surface area contributed by atoms with Crippen molar-refractivity contribution in [1.82, 2.24) is 0 Å². The summed E-state index contributed by atoms with van der Waals surface area (Å²) in [5.74, 6) is 0.443. The van der Waals surface area contributed by atoms with E-state index in [1.807, 2.05) is 0 Å². The summed E-state index contributed by atoms with van der Waals surface area (Å²) >= 11 is 0. The van der Waals surface area contributed by atoms with Crippen LogP contribution in [0.5, 0.6) is 0 Å². The molecule has 0 aromatic rings. The molecule has 0 aromatic carbocycles. The molecule has 0 radical (unpaired) electrons. The van der Waals surface area contributed by atoms with Gasteiger partial charge in [0.15, 0.2) is 0 Å². The van der Waals surface area contributed by atoms with Crippen molar-refractivity contribution in [3.8, 4) is 0 Å². The fraction of sp³-hybridized carbons (Fsp3) is 0.938. The average molecular weight is 268 g/mol. The molecule has 3 atom stereocenters. The van der Waals surface area contributed by atoms with Crippen molar-refractivity contribution in [3.63, 3.8) is 0 Å². The monoisotopic (exact) mass is 268 g/mol. The normalized spacial score (nSPS) is 32.4. The van der Waals surface area contributed by atoms with Gasteiger partial charge in [0.05, 0.1) is 11.5 Å². The second-order valence-corrected chi connectivity index (χ2v) is 6.46. The molecule has 1 aliphatic heterocycles. The molecule has 19 heavy (non-hydrogen) atoms. The summed E-state index contributed by atoms with van der Waals surface area (Å²) in [6.07, 6.45) is 8.50. The zero-order chi connectivity index (χ0) is 13.9. The molecular weight excluding hydrogens is 240 g/mol. The second kappa shape index (κ2) is 6.25. The van der Waals surface area contributed by atoms with Crippen LogP contribution in [0.3, 0.4) is 0 Å². The van der Waals surface area contributed by atoms with E-state index in [-0.39, 0.29) is 6.10 Å². The highest BCUT2D eigenvalue weighted by Crippen LogP contribution is 2.51. The number of hydrogen-bond acceptors (Lipinski definition) is 2. The van der Waals surface area contributed by atoms with Crippen LogP contribution in [0, 0.1) is 17.3 Å². The van der Waals surface area contributed by atoms with Crippen LogP contribution in [-0.4, -0.2) is 23.8 Å². The molecule has 3 nitrogen and oxygen atoms in total. The lowest BCUT2D eigenvalue weighted by molar-refractivity contribution is -0.155. The van der Waals surface area contributed by atoms with Crippen LogP contribution >= 0.6 is 0 Å². The van der Waals surface area contributed by atoms with Crippen molar-refractivity contribution < 1.29 is 14.6 Å². The highest BCUT2D eigenvalue weighted by molar-refractivity contribution is 5.76. The Bertz CT molecular complexity index is 311. The van der Waals surface area contributed by atoms with E-state index in [1.54, 1.807) is 0 Å². The van der Waals surface area contributed by atoms with Crippen molar-refractivity contribution in [2.45, 2.75) is 71.3 Å². The predicted molar refractivity (Wildman–Crippen MR) is 75.1 cm³/mol. The van der Waals surface area contributed by atoms with Crippen molar-refractivity contribution in [1.29, 1.82) is 0 Å². The molecule has 1 N–H and O–H groups in total. The standard InChI is InChI=1S/C16H28O3/c1-3-5-6-12(4-2)11-16(15(17)18)9-10-19-14(16)13-7-8-13/h12-14H,3-11H2,1-2H3,(H,17,18). The minimum Gasteiger partial charge on any atom is -0.481 e. The van der Waals surface area contributed by atoms with E-state index in [1.165, 1.54) is 19.3 Å². The lowest BCUT2D eigenvalue weighted by Crippen LogP contribution is -2.42. The molecule has 0 amide bonds. The summed E-state index contributed by atoms with van der Waals surface area (Å²) in [6.45, 7) is 5.03. The lowest BCUT2D eigenvalue weighted by Gasteiger charge is -2.33. The highest BCUT2D eigenvalue weighted by atomic mass is 16.5. The van der Waals surface area contributed by atoms with Crippen molar-refractivity contribution in [3.05, 3.63) is 0 Å². The van der Waals surface area contributed by atoms with E-state index in [4.69, 9.17) is 4.74 Å². The summed E-state index contributed by atoms with van der Waals surface area (Å²) in [7, 11) is 0. The van der Waals surface area contributed by atoms with Crippen LogP contribution < -0.4 is 0 Å². The largest absolute Gasteiger partial charge is 0.481 e. The van der Waals surface area contributed by atoms with Gasteiger partial charge in [-0.2, -0.15) is 0 Å². The Morgan fingerprint density at radius 3 is 2.68 bits per heavy atom. The van der Waals surface area contributed by atoms with Crippen LogP contribution in [-0.2, 0) is 9.53 Å². The van der Waals surface area contributed by atoms with Gasteiger partial charge in [0.2, 0.25) is 0 Å². The SMILES string of the molecule is CCCCC(CC)CC1(C(=O)O)CCOC1C1CC1. The van der Waals surface area contributed by atoms with Crippen molar-refractivity contribution >= 4 is 5.97 Å². The molecule has 2 aliphatic rings. The van der Waals surface area contributed by atoms with E-state index in [9.17, 15) is 9.90 Å². The van der Waals surface area contributed by atoms with E-state index in [0.29, 0.717) is 24.9 Å². The van der Waals surface area contributed by atoms with Crippen LogP contribution in [0.1, 0.15) is 65.2 Å². The Labute approximate surface area is 116 Å². The maximum atomic E-state index is 11.9. The molecule has 1 saturated heterocycles. The summed E-state index contributed by atoms with van der Waals surface area (Å²) in [5, 5.41) is 9.80. The second-order valence-electron chi connectivity index (χ2n) is 6.46. The van der Waals surface area contributed by atoms with Crippen LogP contribution in [0.4, 0.5) is 0 Å². The van der Waals surface area contributed by atoms with E-state index >= 15 is 0 Å². The highest BCUT2D eigenvalue weighted by Gasteiger charge is 2.56. The molecule has 0 aromatic heterocycles. The van der Waals surface area contributed by atoms with Crippen LogP contribution in [0.15, 0.2) is 0 Å². The smallest absolute Gasteiger partial charge is 0.312 e. The quantitative estimate of drug-likeness (QED) is 0.727. The number of unbranched alkanes of at least 4 members (excludes halogenated alkanes) is 1. The van der Waals surface area contributed by atoms with E-state index < -0.39 is 11.4 Å². The summed E-state index contributed by atoms with van der Waals surface area (Å²) in [6, 6.07) is 0. The van der Waals surface area contributed by atoms with Crippen LogP contribution in [0.25, 0.3) is 0 Å². The Morgan fingerprint density at radius 2 is 2.16 bits per heavy atom. The van der Waals surface area contributed by atoms with Crippen LogP contribution in [0.2, 0.25) is 0 Å². The minimum absolute atomic E-state index is 0.0133. The molecule has 3 unspecified atom stereocenters. The number of hydrogen-bond donors (Lipinski definition) is 1. The number of carboxylic acids is 1. The molecule has 2 fully saturated rings. The molecule has 1 saturated carbocycles. The van der Waals surface area contributed by atoms with Crippen molar-refractivity contribution in [2.75, 3.05) is 6.61 Å². The molecule has 110 valence electrons. The zero-order valence-corrected chi connectivity index (χ0v) is 12.4. The number of carboxylic acid groups (broad SMARTS) is 1. The minimum atomic E-state index is -0.614. The first-order valence-corrected chi connectivity index (χ1v) is 7.99. The fourth-order valence-electron chi connectivity index (χ4n) is 3.65. The summed E-state index contributed by atoms with van der Waals surface area (Å²) in [5.41, 5.74) is -0.588. The molecule has 2 rings (SSSR count). The topological polar surface area (TPSA) is 46.5 Å². The Balaban J connectivity index is 2.07. The fourth-order valence-corrected chi connectivity index (χ4v) is 3.65. The lowest BCUT2D eigenvalue weighted by atomic mass is 9.71. The molecule has 0 bridgehead atoms. The van der Waals surface area contributed by atoms with Gasteiger partial charge in [-0.05, 0) is 37.5 Å². The number of aliphatic carboxylic acids is 1. The Morgan fingerprint density at radius 1 is 1.42 bits per heavy atom. The number of carbonyl (C=O) groups is 1. The molecule has 3 heteroatoms. The molecular formula is C16H28O3. The van der Waals surface area contributed by atoms with Gasteiger partial charge in [-0.15, -0.1) is 0 Å². The third-order valence-corrected chi connectivity index (χ3v) is 5.06. The molecule has 1 aliphatic carbocycles. The molecule has 1 heterocycles. The Hall–Kier alpha value is -0.570. The maximum Gasteiger partial charge on any atom is 0.312 e. The van der Waals surface area contributed by atoms with Gasteiger partial charge in [0.1, 0.15) is 0 Å². The summed E-state index contributed by atoms with van der Waals surface area (Å²) in [4.78, 5) is 11.9. The van der Waals surface area contributed by atoms with Crippen molar-refractivity contribution in [2.24, 2.45) is 17.3 Å². The van der Waals surface area contributed by atoms with Gasteiger partial charge in [-0.25, -0.2) is 0 Å². The first-order chi connectivity index (χ1) is 9.14. The van der Waals surface area contributed by atoms with E-state index in [0.717, 1.165) is 25.7 Å². The first kappa shape index (κ1) is 14.8. The molecule has 0 spiro atoms. The van der Waals surface area contributed by atoms with Gasteiger partial charge in [0, 0.05) is 6.61 Å². The third kappa shape index (κ3) is 3.13. The van der Waals surface area contributed by atoms with Gasteiger partial charge in [-0.1, -0.05) is 39.5 Å². The number of ether oxygens (including phenoxy) is 1. The predicted octanol–water partition coefficient (Wildman–Crippen LogP) is 3.86. The number of rotatable bonds is 8. The van der Waals surface area contributed by atoms with Gasteiger partial charge in [0.25, 0.3) is 0 Å². The average Bonchev–Trinajstić information content (AvgIpc) is 3.15. The van der Waals surface area contributed by atoms with Gasteiger partial charge < -0.3 is 9.84 Å². The zero-order valence-electron chi connectivity index (χ0n) is 12.4. The first-order valence-electron chi connectivity index (χ1n) is 7.99. The van der Waals surface area contributed by atoms with Gasteiger partial charge >= 0.3 is 5.97 Å². The van der Waals surface area contributed by atoms with Gasteiger partial charge in [-0.3, -0.25) is 4.79 Å². The maximum absolute atomic E-state index is 11.9. The summed E-state index contributed by atoms with van der Waals surface area (Å²) < 4.78 is 5.82. The third-order valence-electron chi connectivity index (χ3n) is 5.06.